The first-order valence-electron chi connectivity index (χ1n) is 3.92. The molecule has 2 aromatic rings. The molecule has 72 valence electrons. The summed E-state index contributed by atoms with van der Waals surface area (Å²) in [6.45, 7) is 1.85. The van der Waals surface area contributed by atoms with Crippen LogP contribution in [0.1, 0.15) is 5.56 Å². The Morgan fingerprint density at radius 2 is 2.14 bits per heavy atom. The summed E-state index contributed by atoms with van der Waals surface area (Å²) in [4.78, 5) is 10.2. The smallest absolute Gasteiger partial charge is 0.258 e. The van der Waals surface area contributed by atoms with Crippen molar-refractivity contribution in [2.45, 2.75) is 6.92 Å². The highest BCUT2D eigenvalue weighted by atomic mass is 35.5. The summed E-state index contributed by atoms with van der Waals surface area (Å²) < 4.78 is 1.67. The second-order valence-electron chi connectivity index (χ2n) is 2.99. The third kappa shape index (κ3) is 1.47. The van der Waals surface area contributed by atoms with E-state index in [1.54, 1.807) is 18.2 Å². The van der Waals surface area contributed by atoms with Crippen molar-refractivity contribution < 1.29 is 4.92 Å². The number of aryl methyl sites for hydroxylation is 1. The number of fused-ring (bicyclic) bond motifs is 1. The van der Waals surface area contributed by atoms with Crippen molar-refractivity contribution >= 4 is 38.7 Å². The summed E-state index contributed by atoms with van der Waals surface area (Å²) in [6, 6.07) is 4.86. The number of rotatable bonds is 1. The Bertz CT molecular complexity index is 521. The number of nitrogens with zero attached hydrogens (tertiary/aromatic N) is 1. The molecule has 0 aliphatic heterocycles. The quantitative estimate of drug-likeness (QED) is 0.550. The van der Waals surface area contributed by atoms with Gasteiger partial charge in [-0.3, -0.25) is 10.1 Å². The Morgan fingerprint density at radius 1 is 1.43 bits per heavy atom. The van der Waals surface area contributed by atoms with Crippen LogP contribution in [0, 0.1) is 17.0 Å². The van der Waals surface area contributed by atoms with Crippen LogP contribution in [0.3, 0.4) is 0 Å². The van der Waals surface area contributed by atoms with E-state index in [0.29, 0.717) is 4.34 Å². The second kappa shape index (κ2) is 3.22. The molecule has 3 nitrogen and oxygen atoms in total. The molecule has 14 heavy (non-hydrogen) atoms. The molecule has 1 aromatic heterocycles. The average Bonchev–Trinajstić information content (AvgIpc) is 2.45. The SMILES string of the molecule is Cc1cc([N+](=O)[O-])cc2cc(Cl)sc12. The molecule has 0 aliphatic carbocycles. The van der Waals surface area contributed by atoms with Gasteiger partial charge in [0.15, 0.2) is 0 Å². The Labute approximate surface area is 89.1 Å². The number of halogens is 1. The third-order valence-electron chi connectivity index (χ3n) is 1.97. The van der Waals surface area contributed by atoms with Gasteiger partial charge in [-0.2, -0.15) is 0 Å². The number of nitro benzene ring substituents is 1. The third-order valence-corrected chi connectivity index (χ3v) is 3.38. The van der Waals surface area contributed by atoms with Crippen molar-refractivity contribution in [3.8, 4) is 0 Å². The monoisotopic (exact) mass is 227 g/mol. The van der Waals surface area contributed by atoms with Crippen LogP contribution in [-0.4, -0.2) is 4.92 Å². The van der Waals surface area contributed by atoms with Gasteiger partial charge in [0.2, 0.25) is 0 Å². The van der Waals surface area contributed by atoms with Gasteiger partial charge >= 0.3 is 0 Å². The fourth-order valence-electron chi connectivity index (χ4n) is 1.38. The van der Waals surface area contributed by atoms with Crippen LogP contribution in [-0.2, 0) is 0 Å². The lowest BCUT2D eigenvalue weighted by molar-refractivity contribution is -0.384. The lowest BCUT2D eigenvalue weighted by atomic mass is 10.1. The van der Waals surface area contributed by atoms with Gasteiger partial charge < -0.3 is 0 Å². The lowest BCUT2D eigenvalue weighted by Gasteiger charge is -1.95. The molecule has 0 amide bonds. The van der Waals surface area contributed by atoms with Gasteiger partial charge in [0, 0.05) is 22.2 Å². The largest absolute Gasteiger partial charge is 0.270 e. The Morgan fingerprint density at radius 3 is 2.79 bits per heavy atom. The predicted octanol–water partition coefficient (Wildman–Crippen LogP) is 3.77. The van der Waals surface area contributed by atoms with Gasteiger partial charge in [0.1, 0.15) is 0 Å². The molecule has 0 radical (unpaired) electrons. The van der Waals surface area contributed by atoms with Gasteiger partial charge in [0.25, 0.3) is 5.69 Å². The Balaban J connectivity index is 2.77. The van der Waals surface area contributed by atoms with E-state index < -0.39 is 4.92 Å². The van der Waals surface area contributed by atoms with Crippen molar-refractivity contribution in [2.24, 2.45) is 0 Å². The van der Waals surface area contributed by atoms with Gasteiger partial charge in [-0.25, -0.2) is 0 Å². The molecule has 1 heterocycles. The molecular weight excluding hydrogens is 222 g/mol. The molecule has 0 atom stereocenters. The Kier molecular flexibility index (Phi) is 2.17. The molecule has 5 heteroatoms. The standard InChI is InChI=1S/C9H6ClNO2S/c1-5-2-7(11(12)13)3-6-4-8(10)14-9(5)6/h2-4H,1H3. The number of thiophene rings is 1. The van der Waals surface area contributed by atoms with Crippen molar-refractivity contribution in [3.05, 3.63) is 38.2 Å². The van der Waals surface area contributed by atoms with E-state index in [1.807, 2.05) is 6.92 Å². The van der Waals surface area contributed by atoms with E-state index in [-0.39, 0.29) is 5.69 Å². The van der Waals surface area contributed by atoms with E-state index in [2.05, 4.69) is 0 Å². The van der Waals surface area contributed by atoms with Gasteiger partial charge in [-0.1, -0.05) is 11.6 Å². The highest BCUT2D eigenvalue weighted by Crippen LogP contribution is 2.34. The summed E-state index contributed by atoms with van der Waals surface area (Å²) in [7, 11) is 0. The average molecular weight is 228 g/mol. The normalized spacial score (nSPS) is 10.7. The summed E-state index contributed by atoms with van der Waals surface area (Å²) in [5, 5.41) is 11.4. The minimum absolute atomic E-state index is 0.115. The summed E-state index contributed by atoms with van der Waals surface area (Å²) >= 11 is 7.28. The molecule has 0 saturated heterocycles. The minimum atomic E-state index is -0.391. The van der Waals surface area contributed by atoms with Crippen LogP contribution in [0.4, 0.5) is 5.69 Å². The van der Waals surface area contributed by atoms with Crippen LogP contribution in [0.2, 0.25) is 4.34 Å². The number of nitro groups is 1. The molecule has 0 spiro atoms. The van der Waals surface area contributed by atoms with Crippen LogP contribution < -0.4 is 0 Å². The van der Waals surface area contributed by atoms with E-state index in [9.17, 15) is 10.1 Å². The maximum absolute atomic E-state index is 10.6. The van der Waals surface area contributed by atoms with Gasteiger partial charge in [-0.15, -0.1) is 11.3 Å². The first-order chi connectivity index (χ1) is 6.58. The van der Waals surface area contributed by atoms with E-state index in [1.165, 1.54) is 11.3 Å². The summed E-state index contributed by atoms with van der Waals surface area (Å²) in [5.41, 5.74) is 1.01. The van der Waals surface area contributed by atoms with Crippen LogP contribution in [0.25, 0.3) is 10.1 Å². The maximum atomic E-state index is 10.6. The molecular formula is C9H6ClNO2S. The van der Waals surface area contributed by atoms with Crippen LogP contribution in [0.5, 0.6) is 0 Å². The van der Waals surface area contributed by atoms with Crippen molar-refractivity contribution in [1.82, 2.24) is 0 Å². The summed E-state index contributed by atoms with van der Waals surface area (Å²) in [6.07, 6.45) is 0. The van der Waals surface area contributed by atoms with Crippen molar-refractivity contribution in [3.63, 3.8) is 0 Å². The van der Waals surface area contributed by atoms with Gasteiger partial charge in [0.05, 0.1) is 9.26 Å². The Hall–Kier alpha value is -1.13. The van der Waals surface area contributed by atoms with Crippen molar-refractivity contribution in [2.75, 3.05) is 0 Å². The first kappa shape index (κ1) is 9.43. The first-order valence-corrected chi connectivity index (χ1v) is 5.11. The molecule has 0 N–H and O–H groups in total. The lowest BCUT2D eigenvalue weighted by Crippen LogP contribution is -1.87. The van der Waals surface area contributed by atoms with Gasteiger partial charge in [-0.05, 0) is 18.6 Å². The fourth-order valence-corrected chi connectivity index (χ4v) is 2.57. The topological polar surface area (TPSA) is 43.1 Å². The number of benzene rings is 1. The van der Waals surface area contributed by atoms with Crippen LogP contribution >= 0.6 is 22.9 Å². The minimum Gasteiger partial charge on any atom is -0.258 e. The van der Waals surface area contributed by atoms with E-state index in [4.69, 9.17) is 11.6 Å². The zero-order valence-corrected chi connectivity index (χ0v) is 8.85. The number of non-ortho nitro benzene ring substituents is 1. The second-order valence-corrected chi connectivity index (χ2v) is 4.67. The number of hydrogen-bond donors (Lipinski definition) is 0. The zero-order chi connectivity index (χ0) is 10.3. The number of hydrogen-bond acceptors (Lipinski definition) is 3. The van der Waals surface area contributed by atoms with Crippen molar-refractivity contribution in [1.29, 1.82) is 0 Å². The maximum Gasteiger partial charge on any atom is 0.270 e. The molecule has 0 aliphatic rings. The molecule has 2 rings (SSSR count). The van der Waals surface area contributed by atoms with Crippen LogP contribution in [0.15, 0.2) is 18.2 Å². The van der Waals surface area contributed by atoms with E-state index >= 15 is 0 Å². The molecule has 0 fully saturated rings. The summed E-state index contributed by atoms with van der Waals surface area (Å²) in [5.74, 6) is 0. The molecule has 0 saturated carbocycles. The molecule has 1 aromatic carbocycles. The zero-order valence-electron chi connectivity index (χ0n) is 7.28. The highest BCUT2D eigenvalue weighted by Gasteiger charge is 2.11. The van der Waals surface area contributed by atoms with E-state index in [0.717, 1.165) is 15.6 Å². The predicted molar refractivity (Wildman–Crippen MR) is 58.2 cm³/mol. The molecule has 0 bridgehead atoms. The highest BCUT2D eigenvalue weighted by molar-refractivity contribution is 7.22. The molecule has 0 unspecified atom stereocenters. The fraction of sp³-hybridized carbons (Fsp3) is 0.111.